The van der Waals surface area contributed by atoms with Crippen LogP contribution in [-0.2, 0) is 0 Å². The van der Waals surface area contributed by atoms with Crippen LogP contribution in [0.15, 0.2) is 11.6 Å². The van der Waals surface area contributed by atoms with Gasteiger partial charge in [0.15, 0.2) is 0 Å². The Kier molecular flexibility index (Phi) is 4.37. The summed E-state index contributed by atoms with van der Waals surface area (Å²) < 4.78 is 0. The standard InChI is InChI=1S/C9H18O/c1-5-8(4)9(10)6-7(2)3/h6,8-10H,5H2,1-4H3. The van der Waals surface area contributed by atoms with Crippen molar-refractivity contribution in [2.75, 3.05) is 0 Å². The molecule has 60 valence electrons. The Morgan fingerprint density at radius 2 is 2.00 bits per heavy atom. The van der Waals surface area contributed by atoms with E-state index in [1.165, 1.54) is 5.57 Å². The molecule has 2 unspecified atom stereocenters. The average molecular weight is 142 g/mol. The fourth-order valence-electron chi connectivity index (χ4n) is 0.747. The molecule has 0 bridgehead atoms. The van der Waals surface area contributed by atoms with Gasteiger partial charge in [0, 0.05) is 0 Å². The van der Waals surface area contributed by atoms with Crippen LogP contribution in [0.2, 0.25) is 0 Å². The highest BCUT2D eigenvalue weighted by atomic mass is 16.3. The second kappa shape index (κ2) is 4.51. The van der Waals surface area contributed by atoms with Crippen LogP contribution in [0.25, 0.3) is 0 Å². The van der Waals surface area contributed by atoms with Crippen molar-refractivity contribution in [2.45, 2.75) is 40.2 Å². The first-order valence-corrected chi connectivity index (χ1v) is 3.91. The topological polar surface area (TPSA) is 20.2 Å². The van der Waals surface area contributed by atoms with Gasteiger partial charge in [-0.05, 0) is 19.8 Å². The molecule has 0 rings (SSSR count). The Bertz CT molecular complexity index is 112. The summed E-state index contributed by atoms with van der Waals surface area (Å²) in [6, 6.07) is 0. The molecule has 10 heavy (non-hydrogen) atoms. The summed E-state index contributed by atoms with van der Waals surface area (Å²) in [5.74, 6) is 0.384. The van der Waals surface area contributed by atoms with Gasteiger partial charge in [0.25, 0.3) is 0 Å². The Hall–Kier alpha value is -0.300. The zero-order chi connectivity index (χ0) is 8.15. The second-order valence-electron chi connectivity index (χ2n) is 3.12. The van der Waals surface area contributed by atoms with Gasteiger partial charge in [0.1, 0.15) is 0 Å². The highest BCUT2D eigenvalue weighted by Crippen LogP contribution is 2.09. The molecule has 0 aliphatic carbocycles. The molecule has 0 fully saturated rings. The molecule has 0 aromatic carbocycles. The van der Waals surface area contributed by atoms with Gasteiger partial charge in [-0.2, -0.15) is 0 Å². The van der Waals surface area contributed by atoms with Crippen LogP contribution in [-0.4, -0.2) is 11.2 Å². The fourth-order valence-corrected chi connectivity index (χ4v) is 0.747. The number of rotatable bonds is 3. The van der Waals surface area contributed by atoms with Crippen LogP contribution >= 0.6 is 0 Å². The first kappa shape index (κ1) is 9.70. The van der Waals surface area contributed by atoms with Gasteiger partial charge in [-0.15, -0.1) is 0 Å². The third-order valence-electron chi connectivity index (χ3n) is 1.73. The van der Waals surface area contributed by atoms with E-state index in [4.69, 9.17) is 0 Å². The lowest BCUT2D eigenvalue weighted by atomic mass is 10.0. The smallest absolute Gasteiger partial charge is 0.0748 e. The van der Waals surface area contributed by atoms with Crippen molar-refractivity contribution in [1.82, 2.24) is 0 Å². The zero-order valence-corrected chi connectivity index (χ0v) is 7.39. The quantitative estimate of drug-likeness (QED) is 0.600. The summed E-state index contributed by atoms with van der Waals surface area (Å²) in [5.41, 5.74) is 1.19. The Morgan fingerprint density at radius 1 is 1.50 bits per heavy atom. The second-order valence-corrected chi connectivity index (χ2v) is 3.12. The minimum atomic E-state index is -0.255. The molecular weight excluding hydrogens is 124 g/mol. The van der Waals surface area contributed by atoms with Crippen LogP contribution in [0.3, 0.4) is 0 Å². The highest BCUT2D eigenvalue weighted by molar-refractivity contribution is 4.98. The molecular formula is C9H18O. The maximum Gasteiger partial charge on any atom is 0.0748 e. The first-order chi connectivity index (χ1) is 4.57. The summed E-state index contributed by atoms with van der Waals surface area (Å²) >= 11 is 0. The molecule has 0 saturated carbocycles. The lowest BCUT2D eigenvalue weighted by Crippen LogP contribution is -2.13. The molecule has 1 N–H and O–H groups in total. The molecule has 1 heteroatoms. The Morgan fingerprint density at radius 3 is 2.30 bits per heavy atom. The summed E-state index contributed by atoms with van der Waals surface area (Å²) in [6.45, 7) is 8.16. The van der Waals surface area contributed by atoms with Gasteiger partial charge < -0.3 is 5.11 Å². The van der Waals surface area contributed by atoms with Gasteiger partial charge in [-0.1, -0.05) is 31.9 Å². The van der Waals surface area contributed by atoms with Crippen molar-refractivity contribution in [3.8, 4) is 0 Å². The molecule has 2 atom stereocenters. The van der Waals surface area contributed by atoms with Gasteiger partial charge in [-0.3, -0.25) is 0 Å². The SMILES string of the molecule is CCC(C)C(O)C=C(C)C. The van der Waals surface area contributed by atoms with Crippen molar-refractivity contribution in [2.24, 2.45) is 5.92 Å². The minimum Gasteiger partial charge on any atom is -0.389 e. The Labute approximate surface area is 63.8 Å². The molecule has 0 aliphatic rings. The number of aliphatic hydroxyl groups is 1. The molecule has 0 spiro atoms. The monoisotopic (exact) mass is 142 g/mol. The lowest BCUT2D eigenvalue weighted by molar-refractivity contribution is 0.159. The largest absolute Gasteiger partial charge is 0.389 e. The number of aliphatic hydroxyl groups excluding tert-OH is 1. The average Bonchev–Trinajstić information content (AvgIpc) is 1.85. The van der Waals surface area contributed by atoms with Crippen LogP contribution in [0.4, 0.5) is 0 Å². The minimum absolute atomic E-state index is 0.255. The molecule has 0 aromatic heterocycles. The van der Waals surface area contributed by atoms with E-state index in [1.807, 2.05) is 19.9 Å². The molecule has 0 aromatic rings. The van der Waals surface area contributed by atoms with Crippen molar-refractivity contribution in [3.05, 3.63) is 11.6 Å². The third-order valence-corrected chi connectivity index (χ3v) is 1.73. The van der Waals surface area contributed by atoms with E-state index in [0.717, 1.165) is 6.42 Å². The number of hydrogen-bond acceptors (Lipinski definition) is 1. The van der Waals surface area contributed by atoms with Gasteiger partial charge >= 0.3 is 0 Å². The summed E-state index contributed by atoms with van der Waals surface area (Å²) in [6.07, 6.45) is 2.69. The molecule has 0 heterocycles. The molecule has 0 radical (unpaired) electrons. The zero-order valence-electron chi connectivity index (χ0n) is 7.39. The number of allylic oxidation sites excluding steroid dienone is 1. The van der Waals surface area contributed by atoms with Gasteiger partial charge in [-0.25, -0.2) is 0 Å². The molecule has 1 nitrogen and oxygen atoms in total. The van der Waals surface area contributed by atoms with Crippen LogP contribution in [0, 0.1) is 5.92 Å². The van der Waals surface area contributed by atoms with E-state index in [0.29, 0.717) is 5.92 Å². The van der Waals surface area contributed by atoms with E-state index in [9.17, 15) is 5.11 Å². The van der Waals surface area contributed by atoms with E-state index < -0.39 is 0 Å². The lowest BCUT2D eigenvalue weighted by Gasteiger charge is -2.12. The maximum atomic E-state index is 9.41. The van der Waals surface area contributed by atoms with Crippen LogP contribution in [0.5, 0.6) is 0 Å². The first-order valence-electron chi connectivity index (χ1n) is 3.91. The fraction of sp³-hybridized carbons (Fsp3) is 0.778. The predicted octanol–water partition coefficient (Wildman–Crippen LogP) is 2.36. The molecule has 0 amide bonds. The van der Waals surface area contributed by atoms with E-state index in [1.54, 1.807) is 0 Å². The third kappa shape index (κ3) is 3.67. The highest BCUT2D eigenvalue weighted by Gasteiger charge is 2.07. The summed E-state index contributed by atoms with van der Waals surface area (Å²) in [4.78, 5) is 0. The van der Waals surface area contributed by atoms with Crippen molar-refractivity contribution in [1.29, 1.82) is 0 Å². The normalized spacial score (nSPS) is 16.1. The predicted molar refractivity (Wildman–Crippen MR) is 44.9 cm³/mol. The van der Waals surface area contributed by atoms with Crippen molar-refractivity contribution in [3.63, 3.8) is 0 Å². The van der Waals surface area contributed by atoms with Gasteiger partial charge in [0.2, 0.25) is 0 Å². The van der Waals surface area contributed by atoms with Crippen LogP contribution < -0.4 is 0 Å². The van der Waals surface area contributed by atoms with E-state index in [2.05, 4.69) is 13.8 Å². The summed E-state index contributed by atoms with van der Waals surface area (Å²) in [5, 5.41) is 9.41. The number of hydrogen-bond donors (Lipinski definition) is 1. The van der Waals surface area contributed by atoms with Gasteiger partial charge in [0.05, 0.1) is 6.10 Å². The van der Waals surface area contributed by atoms with Crippen molar-refractivity contribution >= 4 is 0 Å². The van der Waals surface area contributed by atoms with Crippen LogP contribution in [0.1, 0.15) is 34.1 Å². The Balaban J connectivity index is 3.83. The van der Waals surface area contributed by atoms with E-state index >= 15 is 0 Å². The molecule has 0 saturated heterocycles. The summed E-state index contributed by atoms with van der Waals surface area (Å²) in [7, 11) is 0. The van der Waals surface area contributed by atoms with E-state index in [-0.39, 0.29) is 6.10 Å². The molecule has 0 aliphatic heterocycles. The van der Waals surface area contributed by atoms with Crippen molar-refractivity contribution < 1.29 is 5.11 Å². The maximum absolute atomic E-state index is 9.41.